The Kier molecular flexibility index (Phi) is 22.0. The number of carbonyl (C=O) groups is 6. The second-order valence-corrected chi connectivity index (χ2v) is 32.4. The van der Waals surface area contributed by atoms with Crippen LogP contribution in [0.2, 0.25) is 0 Å². The molecule has 0 radical (unpaired) electrons. The van der Waals surface area contributed by atoms with Crippen molar-refractivity contribution in [1.29, 1.82) is 0 Å². The molecule has 11 aromatic rings. The highest BCUT2D eigenvalue weighted by Crippen LogP contribution is 2.49. The first-order chi connectivity index (χ1) is 54.2. The summed E-state index contributed by atoms with van der Waals surface area (Å²) in [6, 6.07) is 24.2. The predicted octanol–water partition coefficient (Wildman–Crippen LogP) is 12.5. The number of hydrogen-bond donors (Lipinski definition) is 2. The molecule has 26 nitrogen and oxygen atoms in total. The number of alkyl halides is 3. The number of nitrogens with one attached hydrogen (secondary N) is 1. The zero-order valence-electron chi connectivity index (χ0n) is 65.8. The van der Waals surface area contributed by atoms with Gasteiger partial charge in [0.15, 0.2) is 45.8 Å². The number of aryl methyl sites for hydroxylation is 1. The van der Waals surface area contributed by atoms with Gasteiger partial charge in [-0.15, -0.1) is 0 Å². The van der Waals surface area contributed by atoms with Crippen LogP contribution in [0, 0.1) is 36.1 Å². The molecule has 0 atom stereocenters. The highest BCUT2D eigenvalue weighted by molar-refractivity contribution is 5.97. The Hall–Kier alpha value is -11.9. The number of fused-ring (bicyclic) bond motifs is 3. The third kappa shape index (κ3) is 16.4. The average molecular weight is 1580 g/mol. The first-order valence-corrected chi connectivity index (χ1v) is 37.8. The summed E-state index contributed by atoms with van der Waals surface area (Å²) in [6.07, 6.45) is 3.06. The number of aliphatic hydroxyl groups is 1. The van der Waals surface area contributed by atoms with E-state index in [-0.39, 0.29) is 72.4 Å². The fourth-order valence-corrected chi connectivity index (χ4v) is 15.1. The molecule has 3 aliphatic heterocycles. The van der Waals surface area contributed by atoms with Crippen molar-refractivity contribution < 1.29 is 64.6 Å². The summed E-state index contributed by atoms with van der Waals surface area (Å²) in [7, 11) is 0. The Bertz CT molecular complexity index is 5560. The van der Waals surface area contributed by atoms with Crippen molar-refractivity contribution in [3.8, 4) is 33.8 Å². The number of benzene rings is 3. The number of nitrogens with zero attached hydrogens (tertiary/aromatic N) is 18. The van der Waals surface area contributed by atoms with Gasteiger partial charge in [-0.05, 0) is 146 Å². The van der Waals surface area contributed by atoms with Crippen LogP contribution in [-0.4, -0.2) is 221 Å². The minimum atomic E-state index is -4.79. The lowest BCUT2D eigenvalue weighted by atomic mass is 9.69. The number of imidazole rings is 3. The van der Waals surface area contributed by atoms with E-state index in [0.717, 1.165) is 52.2 Å². The predicted molar refractivity (Wildman–Crippen MR) is 410 cm³/mol. The number of amides is 6. The molecule has 33 heteroatoms. The molecular formula is C82H88F7N19O7. The lowest BCUT2D eigenvalue weighted by molar-refractivity contribution is -0.297. The lowest BCUT2D eigenvalue weighted by Gasteiger charge is -2.50. The molecule has 3 saturated heterocycles. The maximum atomic E-state index is 13.9. The van der Waals surface area contributed by atoms with E-state index in [0.29, 0.717) is 95.8 Å². The van der Waals surface area contributed by atoms with Gasteiger partial charge in [0, 0.05) is 111 Å². The number of piperazine rings is 3. The molecule has 15 rings (SSSR count). The van der Waals surface area contributed by atoms with Gasteiger partial charge in [0.2, 0.25) is 5.91 Å². The quantitative estimate of drug-likeness (QED) is 0.107. The van der Waals surface area contributed by atoms with Gasteiger partial charge < -0.3 is 34.5 Å². The molecule has 6 amide bonds. The molecular weight excluding hydrogens is 1500 g/mol. The van der Waals surface area contributed by atoms with E-state index in [1.807, 2.05) is 55.4 Å². The summed E-state index contributed by atoms with van der Waals surface area (Å²) in [5.41, 5.74) is 5.36. The van der Waals surface area contributed by atoms with Crippen LogP contribution in [0.1, 0.15) is 188 Å². The standard InChI is InChI=1S/C28H30F5N5O3.C28H31N7O2.C26H27F2N7O2/c1-15(2)18-10-21(16-5-6-19(29)20(30)9-16)35-38-13-22(34-23(18)38)25(40)37-8-7-36(14-26(37,3)4)24(39)17-11-27(41,12-17)28(31,32)33;1-18(2)21-14-23(20-8-6-19(3)7-9-20)32-35-15-24(31-25(21)35)27(37)34-13-12-33(16-28(34,4)5)26(36)22-10-11-29-17-30-22;1-15(2)17-12-21(16-5-6-18(27)19(28)11-16)32-35-13-22(30-23(17)35)25(37)34-10-9-33(14-26(34,3)4)24(36)20-7-8-29-31-20/h5-6,9-10,13,15,17,41H,7-8,11-12,14H2,1-4H3;6-11,14-15,17-18H,12-13,16H2,1-5H3;5-8,11-13,15H,9-10,14H2,1-4H3,(H,29,31). The highest BCUT2D eigenvalue weighted by Gasteiger charge is 2.63. The molecule has 0 spiro atoms. The Morgan fingerprint density at radius 2 is 0.861 bits per heavy atom. The van der Waals surface area contributed by atoms with Crippen LogP contribution in [0.5, 0.6) is 0 Å². The number of hydrogen-bond acceptors (Lipinski definition) is 16. The Balaban J connectivity index is 0.000000151. The molecule has 11 heterocycles. The van der Waals surface area contributed by atoms with Crippen molar-refractivity contribution in [1.82, 2.24) is 93.4 Å². The number of halogens is 7. The molecule has 3 aromatic carbocycles. The summed E-state index contributed by atoms with van der Waals surface area (Å²) in [6.45, 7) is 28.0. The summed E-state index contributed by atoms with van der Waals surface area (Å²) < 4.78 is 98.4. The maximum absolute atomic E-state index is 13.9. The molecule has 1 aliphatic carbocycles. The summed E-state index contributed by atoms with van der Waals surface area (Å²) in [5.74, 6) is -6.26. The molecule has 2 N–H and O–H groups in total. The minimum absolute atomic E-state index is 0.0355. The van der Waals surface area contributed by atoms with Crippen molar-refractivity contribution in [2.45, 2.75) is 149 Å². The van der Waals surface area contributed by atoms with E-state index in [1.54, 1.807) is 85.7 Å². The molecule has 115 heavy (non-hydrogen) atoms. The molecule has 0 bridgehead atoms. The minimum Gasteiger partial charge on any atom is -0.380 e. The van der Waals surface area contributed by atoms with Gasteiger partial charge in [0.05, 0.1) is 52.3 Å². The summed E-state index contributed by atoms with van der Waals surface area (Å²) in [5, 5.41) is 30.1. The fourth-order valence-electron chi connectivity index (χ4n) is 15.1. The van der Waals surface area contributed by atoms with Gasteiger partial charge in [-0.25, -0.2) is 56.0 Å². The lowest BCUT2D eigenvalue weighted by Crippen LogP contribution is -2.65. The van der Waals surface area contributed by atoms with Crippen LogP contribution in [0.4, 0.5) is 30.7 Å². The zero-order valence-corrected chi connectivity index (χ0v) is 65.8. The van der Waals surface area contributed by atoms with Crippen molar-refractivity contribution >= 4 is 52.4 Å². The third-order valence-corrected chi connectivity index (χ3v) is 21.6. The van der Waals surface area contributed by atoms with Gasteiger partial charge in [0.1, 0.15) is 34.8 Å². The van der Waals surface area contributed by atoms with Gasteiger partial charge in [0.25, 0.3) is 29.5 Å². The Labute approximate surface area is 657 Å². The van der Waals surface area contributed by atoms with E-state index >= 15 is 0 Å². The first-order valence-electron chi connectivity index (χ1n) is 37.8. The SMILES string of the molecule is CC(C)c1cc(-c2ccc(F)c(F)c2)nn2cc(C(=O)N3CCN(C(=O)C4CC(O)(C(F)(F)F)C4)CC3(C)C)nc12.CC(C)c1cc(-c2ccc(F)c(F)c2)nn2cc(C(=O)N3CCN(C(=O)c4ccn[nH]4)CC3(C)C)nc12.Cc1ccc(-c2cc(C(C)C)c3nc(C(=O)N4CCN(C(=O)c5ccncn5)CC4(C)C)cn3n2)cc1. The fraction of sp³-hybridized carbons (Fsp3) is 0.402. The van der Waals surface area contributed by atoms with Crippen LogP contribution in [0.25, 0.3) is 50.7 Å². The van der Waals surface area contributed by atoms with Crippen molar-refractivity contribution in [3.05, 3.63) is 202 Å². The summed E-state index contributed by atoms with van der Waals surface area (Å²) >= 11 is 0. The number of aromatic amines is 1. The van der Waals surface area contributed by atoms with Crippen molar-refractivity contribution in [3.63, 3.8) is 0 Å². The average Bonchev–Trinajstić information content (AvgIpc) is 1.77. The number of H-pyrrole nitrogens is 1. The van der Waals surface area contributed by atoms with E-state index < -0.39 is 82.2 Å². The van der Waals surface area contributed by atoms with Gasteiger partial charge in [-0.3, -0.25) is 33.9 Å². The van der Waals surface area contributed by atoms with Crippen molar-refractivity contribution in [2.75, 3.05) is 58.9 Å². The van der Waals surface area contributed by atoms with Crippen LogP contribution in [0.15, 0.2) is 128 Å². The van der Waals surface area contributed by atoms with Crippen molar-refractivity contribution in [2.24, 2.45) is 5.92 Å². The maximum Gasteiger partial charge on any atom is 0.417 e. The zero-order chi connectivity index (χ0) is 82.9. The van der Waals surface area contributed by atoms with Crippen LogP contribution < -0.4 is 0 Å². The van der Waals surface area contributed by atoms with Crippen LogP contribution in [0.3, 0.4) is 0 Å². The topological polar surface area (TPSA) is 287 Å². The van der Waals surface area contributed by atoms with Gasteiger partial charge in [-0.1, -0.05) is 71.4 Å². The Morgan fingerprint density at radius 3 is 1.23 bits per heavy atom. The molecule has 602 valence electrons. The second kappa shape index (κ2) is 31.1. The molecule has 4 aliphatic rings. The third-order valence-electron chi connectivity index (χ3n) is 21.6. The van der Waals surface area contributed by atoms with E-state index in [2.05, 4.69) is 91.4 Å². The number of rotatable bonds is 12. The molecule has 8 aromatic heterocycles. The first kappa shape index (κ1) is 81.1. The van der Waals surface area contributed by atoms with Gasteiger partial charge in [-0.2, -0.15) is 33.6 Å². The van der Waals surface area contributed by atoms with Crippen LogP contribution in [-0.2, 0) is 4.79 Å². The molecule has 1 saturated carbocycles. The van der Waals surface area contributed by atoms with E-state index in [9.17, 15) is 64.6 Å². The second-order valence-electron chi connectivity index (χ2n) is 32.4. The van der Waals surface area contributed by atoms with Gasteiger partial charge >= 0.3 is 6.18 Å². The van der Waals surface area contributed by atoms with Crippen LogP contribution >= 0.6 is 0 Å². The monoisotopic (exact) mass is 1580 g/mol. The highest BCUT2D eigenvalue weighted by atomic mass is 19.4. The smallest absolute Gasteiger partial charge is 0.380 e. The number of aromatic nitrogens is 13. The molecule has 0 unspecified atom stereocenters. The normalized spacial score (nSPS) is 18.1. The Morgan fingerprint density at radius 1 is 0.470 bits per heavy atom. The largest absolute Gasteiger partial charge is 0.417 e. The van der Waals surface area contributed by atoms with E-state index in [1.165, 1.54) is 50.3 Å². The summed E-state index contributed by atoms with van der Waals surface area (Å²) in [4.78, 5) is 111. The molecule has 4 fully saturated rings. The van der Waals surface area contributed by atoms with E-state index in [4.69, 9.17) is 10.1 Å². The number of carbonyl (C=O) groups excluding carboxylic acids is 6.